The normalized spacial score (nSPS) is 10.3. The zero-order chi connectivity index (χ0) is 11.6. The van der Waals surface area contributed by atoms with Crippen molar-refractivity contribution < 1.29 is 0 Å². The molecule has 0 heterocycles. The second-order valence-corrected chi connectivity index (χ2v) is 5.47. The summed E-state index contributed by atoms with van der Waals surface area (Å²) in [6, 6.07) is 8.89. The molecule has 1 rings (SSSR count). The van der Waals surface area contributed by atoms with Crippen molar-refractivity contribution in [2.24, 2.45) is 0 Å². The van der Waals surface area contributed by atoms with Gasteiger partial charge in [-0.3, -0.25) is 0 Å². The molecule has 0 fully saturated rings. The van der Waals surface area contributed by atoms with Gasteiger partial charge >= 0.3 is 0 Å². The summed E-state index contributed by atoms with van der Waals surface area (Å²) in [6.07, 6.45) is 11.2. The van der Waals surface area contributed by atoms with Crippen molar-refractivity contribution >= 4 is 22.6 Å². The molecule has 0 nitrogen and oxygen atoms in total. The highest BCUT2D eigenvalue weighted by molar-refractivity contribution is 14.1. The standard InChI is InChI=1S/C15H21I/c1-2-3-4-5-6-7-8-9-14-10-12-15(16)13-11-14/h2,10-13H,1,3-9H2. The highest BCUT2D eigenvalue weighted by atomic mass is 127. The molecule has 0 spiro atoms. The third-order valence-electron chi connectivity index (χ3n) is 2.79. The van der Waals surface area contributed by atoms with Gasteiger partial charge in [-0.25, -0.2) is 0 Å². The minimum Gasteiger partial charge on any atom is -0.103 e. The fraction of sp³-hybridized carbons (Fsp3) is 0.467. The summed E-state index contributed by atoms with van der Waals surface area (Å²) in [4.78, 5) is 0. The number of unbranched alkanes of at least 4 members (excludes halogenated alkanes) is 5. The number of hydrogen-bond donors (Lipinski definition) is 0. The monoisotopic (exact) mass is 328 g/mol. The summed E-state index contributed by atoms with van der Waals surface area (Å²) in [5, 5.41) is 0. The summed E-state index contributed by atoms with van der Waals surface area (Å²) >= 11 is 2.35. The van der Waals surface area contributed by atoms with E-state index in [4.69, 9.17) is 0 Å². The Labute approximate surface area is 113 Å². The van der Waals surface area contributed by atoms with Crippen LogP contribution >= 0.6 is 22.6 Å². The van der Waals surface area contributed by atoms with E-state index in [1.165, 1.54) is 54.1 Å². The molecular weight excluding hydrogens is 307 g/mol. The quantitative estimate of drug-likeness (QED) is 0.342. The highest BCUT2D eigenvalue weighted by Gasteiger charge is 1.94. The van der Waals surface area contributed by atoms with Crippen LogP contribution < -0.4 is 0 Å². The summed E-state index contributed by atoms with van der Waals surface area (Å²) in [5.41, 5.74) is 1.48. The van der Waals surface area contributed by atoms with Crippen molar-refractivity contribution in [3.05, 3.63) is 46.1 Å². The van der Waals surface area contributed by atoms with Crippen LogP contribution in [0.4, 0.5) is 0 Å². The lowest BCUT2D eigenvalue weighted by Crippen LogP contribution is -1.86. The van der Waals surface area contributed by atoms with Crippen molar-refractivity contribution in [2.45, 2.75) is 44.9 Å². The van der Waals surface area contributed by atoms with Crippen molar-refractivity contribution in [3.8, 4) is 0 Å². The SMILES string of the molecule is C=CCCCCCCCc1ccc(I)cc1. The fourth-order valence-electron chi connectivity index (χ4n) is 1.80. The van der Waals surface area contributed by atoms with Crippen LogP contribution in [0.1, 0.15) is 44.1 Å². The van der Waals surface area contributed by atoms with Crippen LogP contribution in [0.5, 0.6) is 0 Å². The number of allylic oxidation sites excluding steroid dienone is 1. The minimum atomic E-state index is 1.18. The van der Waals surface area contributed by atoms with E-state index >= 15 is 0 Å². The molecule has 88 valence electrons. The number of hydrogen-bond acceptors (Lipinski definition) is 0. The van der Waals surface area contributed by atoms with Gasteiger partial charge in [0.25, 0.3) is 0 Å². The molecule has 1 heteroatoms. The molecule has 1 aromatic rings. The van der Waals surface area contributed by atoms with E-state index in [0.29, 0.717) is 0 Å². The van der Waals surface area contributed by atoms with E-state index in [1.807, 2.05) is 6.08 Å². The molecule has 0 N–H and O–H groups in total. The Hall–Kier alpha value is -0.310. The first-order valence-corrected chi connectivity index (χ1v) is 7.26. The van der Waals surface area contributed by atoms with Crippen LogP contribution in [0.15, 0.2) is 36.9 Å². The van der Waals surface area contributed by atoms with Gasteiger partial charge in [-0.15, -0.1) is 6.58 Å². The molecule has 0 unspecified atom stereocenters. The van der Waals surface area contributed by atoms with E-state index in [0.717, 1.165) is 0 Å². The topological polar surface area (TPSA) is 0 Å². The van der Waals surface area contributed by atoms with E-state index in [1.54, 1.807) is 0 Å². The molecule has 0 aliphatic rings. The molecule has 16 heavy (non-hydrogen) atoms. The Morgan fingerprint density at radius 1 is 0.938 bits per heavy atom. The smallest absolute Gasteiger partial charge is 0.0130 e. The zero-order valence-electron chi connectivity index (χ0n) is 9.92. The molecule has 0 aliphatic heterocycles. The first-order chi connectivity index (χ1) is 7.83. The molecule has 0 atom stereocenters. The predicted octanol–water partition coefficient (Wildman–Crippen LogP) is 5.36. The van der Waals surface area contributed by atoms with Gasteiger partial charge in [0.05, 0.1) is 0 Å². The van der Waals surface area contributed by atoms with E-state index in [9.17, 15) is 0 Å². The summed E-state index contributed by atoms with van der Waals surface area (Å²) in [7, 11) is 0. The Morgan fingerprint density at radius 2 is 1.56 bits per heavy atom. The Morgan fingerprint density at radius 3 is 2.25 bits per heavy atom. The van der Waals surface area contributed by atoms with Crippen LogP contribution in [-0.2, 0) is 6.42 Å². The van der Waals surface area contributed by atoms with Crippen LogP contribution in [0.2, 0.25) is 0 Å². The molecular formula is C15H21I. The molecule has 0 radical (unpaired) electrons. The second-order valence-electron chi connectivity index (χ2n) is 4.22. The average Bonchev–Trinajstić information content (AvgIpc) is 2.30. The lowest BCUT2D eigenvalue weighted by molar-refractivity contribution is 0.618. The molecule has 0 aliphatic carbocycles. The van der Waals surface area contributed by atoms with Crippen molar-refractivity contribution in [1.29, 1.82) is 0 Å². The molecule has 0 bridgehead atoms. The Balaban J connectivity index is 2.02. The summed E-state index contributed by atoms with van der Waals surface area (Å²) in [5.74, 6) is 0. The number of aryl methyl sites for hydroxylation is 1. The van der Waals surface area contributed by atoms with Gasteiger partial charge in [0.1, 0.15) is 0 Å². The maximum Gasteiger partial charge on any atom is 0.0130 e. The van der Waals surface area contributed by atoms with Crippen molar-refractivity contribution in [3.63, 3.8) is 0 Å². The van der Waals surface area contributed by atoms with Crippen LogP contribution in [-0.4, -0.2) is 0 Å². The predicted molar refractivity (Wildman–Crippen MR) is 80.8 cm³/mol. The molecule has 0 saturated carbocycles. The van der Waals surface area contributed by atoms with Gasteiger partial charge in [0.15, 0.2) is 0 Å². The summed E-state index contributed by atoms with van der Waals surface area (Å²) < 4.78 is 1.32. The number of halogens is 1. The largest absolute Gasteiger partial charge is 0.103 e. The van der Waals surface area contributed by atoms with Gasteiger partial charge < -0.3 is 0 Å². The van der Waals surface area contributed by atoms with E-state index < -0.39 is 0 Å². The lowest BCUT2D eigenvalue weighted by atomic mass is 10.1. The fourth-order valence-corrected chi connectivity index (χ4v) is 2.16. The molecule has 0 aromatic heterocycles. The maximum absolute atomic E-state index is 3.74. The maximum atomic E-state index is 3.74. The second kappa shape index (κ2) is 8.80. The minimum absolute atomic E-state index is 1.18. The van der Waals surface area contributed by atoms with Gasteiger partial charge in [0, 0.05) is 3.57 Å². The Bertz CT molecular complexity index is 287. The van der Waals surface area contributed by atoms with Gasteiger partial charge in [-0.05, 0) is 66.0 Å². The molecule has 1 aromatic carbocycles. The summed E-state index contributed by atoms with van der Waals surface area (Å²) in [6.45, 7) is 3.74. The van der Waals surface area contributed by atoms with Gasteiger partial charge in [0.2, 0.25) is 0 Å². The highest BCUT2D eigenvalue weighted by Crippen LogP contribution is 2.12. The van der Waals surface area contributed by atoms with Crippen molar-refractivity contribution in [1.82, 2.24) is 0 Å². The first kappa shape index (κ1) is 13.8. The molecule has 0 saturated heterocycles. The van der Waals surface area contributed by atoms with E-state index in [-0.39, 0.29) is 0 Å². The third kappa shape index (κ3) is 6.31. The van der Waals surface area contributed by atoms with Gasteiger partial charge in [-0.2, -0.15) is 0 Å². The third-order valence-corrected chi connectivity index (χ3v) is 3.51. The van der Waals surface area contributed by atoms with Crippen LogP contribution in [0, 0.1) is 3.57 Å². The zero-order valence-corrected chi connectivity index (χ0v) is 12.1. The van der Waals surface area contributed by atoms with Crippen LogP contribution in [0.25, 0.3) is 0 Å². The average molecular weight is 328 g/mol. The van der Waals surface area contributed by atoms with E-state index in [2.05, 4.69) is 53.4 Å². The Kier molecular flexibility index (Phi) is 7.56. The van der Waals surface area contributed by atoms with Crippen LogP contribution in [0.3, 0.4) is 0 Å². The number of benzene rings is 1. The molecule has 0 amide bonds. The van der Waals surface area contributed by atoms with Gasteiger partial charge in [-0.1, -0.05) is 37.5 Å². The first-order valence-electron chi connectivity index (χ1n) is 6.18. The van der Waals surface area contributed by atoms with Crippen molar-refractivity contribution in [2.75, 3.05) is 0 Å². The lowest BCUT2D eigenvalue weighted by Gasteiger charge is -2.02. The number of rotatable bonds is 8.